The second kappa shape index (κ2) is 9.91. The lowest BCUT2D eigenvalue weighted by Crippen LogP contribution is -2.29. The average Bonchev–Trinajstić information content (AvgIpc) is 2.90. The van der Waals surface area contributed by atoms with E-state index in [0.717, 1.165) is 42.5 Å². The van der Waals surface area contributed by atoms with Crippen LogP contribution in [0.1, 0.15) is 15.9 Å². The fraction of sp³-hybridized carbons (Fsp3) is 0. The van der Waals surface area contributed by atoms with Crippen LogP contribution in [0.15, 0.2) is 92.3 Å². The van der Waals surface area contributed by atoms with Crippen LogP contribution in [-0.2, 0) is 19.7 Å². The Morgan fingerprint density at radius 3 is 2.18 bits per heavy atom. The zero-order chi connectivity index (χ0) is 28.5. The minimum absolute atomic E-state index is 0.0821. The fourth-order valence-electron chi connectivity index (χ4n) is 3.68. The Labute approximate surface area is 217 Å². The summed E-state index contributed by atoms with van der Waals surface area (Å²) in [6.07, 6.45) is 3.36. The van der Waals surface area contributed by atoms with Gasteiger partial charge in [-0.3, -0.25) is 14.4 Å². The van der Waals surface area contributed by atoms with E-state index >= 15 is 0 Å². The van der Waals surface area contributed by atoms with Crippen molar-refractivity contribution in [2.75, 3.05) is 0 Å². The number of carbonyl (C=O) groups is 3. The van der Waals surface area contributed by atoms with Gasteiger partial charge in [0.05, 0.1) is 22.5 Å². The Morgan fingerprint density at radius 1 is 0.897 bits per heavy atom. The van der Waals surface area contributed by atoms with Crippen molar-refractivity contribution < 1.29 is 42.3 Å². The first kappa shape index (κ1) is 26.2. The molecule has 0 amide bonds. The molecule has 194 valence electrons. The van der Waals surface area contributed by atoms with Crippen molar-refractivity contribution in [2.45, 2.75) is 0 Å². The third kappa shape index (κ3) is 4.56. The Balaban J connectivity index is 1.73. The minimum atomic E-state index is -5.08. The van der Waals surface area contributed by atoms with Crippen LogP contribution in [-0.4, -0.2) is 41.1 Å². The maximum absolute atomic E-state index is 13.2. The number of azide groups is 2. The minimum Gasteiger partial charge on any atom is -0.504 e. The standard InChI is InChI=1S/C23H12N6O9S/c24-28-26-17-12-2-1-3-14(30)16(12)23(22(35)18(17)27-29-25)39(36,37)38-11-6-4-10(5-7-11)19(32)13-8-9-15(31)21(34)20(13)33/h1-9,31,33-34H. The highest BCUT2D eigenvalue weighted by molar-refractivity contribution is 7.92. The molecular formula is C23H12N6O9S. The predicted molar refractivity (Wildman–Crippen MR) is 130 cm³/mol. The third-order valence-electron chi connectivity index (χ3n) is 5.39. The number of benzene rings is 2. The van der Waals surface area contributed by atoms with Gasteiger partial charge < -0.3 is 19.5 Å². The second-order valence-electron chi connectivity index (χ2n) is 7.63. The summed E-state index contributed by atoms with van der Waals surface area (Å²) in [5.41, 5.74) is 15.0. The zero-order valence-corrected chi connectivity index (χ0v) is 19.9. The van der Waals surface area contributed by atoms with Crippen molar-refractivity contribution in [3.63, 3.8) is 0 Å². The lowest BCUT2D eigenvalue weighted by atomic mass is 9.88. The molecule has 0 radical (unpaired) electrons. The summed E-state index contributed by atoms with van der Waals surface area (Å²) in [5, 5.41) is 35.5. The molecular weight excluding hydrogens is 536 g/mol. The van der Waals surface area contributed by atoms with E-state index < -0.39 is 72.3 Å². The van der Waals surface area contributed by atoms with Gasteiger partial charge in [-0.15, -0.1) is 0 Å². The maximum atomic E-state index is 13.2. The summed E-state index contributed by atoms with van der Waals surface area (Å²) in [6, 6.07) is 6.35. The number of fused-ring (bicyclic) bond motifs is 1. The molecule has 15 nitrogen and oxygen atoms in total. The van der Waals surface area contributed by atoms with E-state index in [0.29, 0.717) is 0 Å². The van der Waals surface area contributed by atoms with Gasteiger partial charge >= 0.3 is 10.1 Å². The van der Waals surface area contributed by atoms with Crippen molar-refractivity contribution >= 4 is 27.5 Å². The topological polar surface area (TPSA) is 253 Å². The Hall–Kier alpha value is -5.82. The molecule has 4 rings (SSSR count). The lowest BCUT2D eigenvalue weighted by molar-refractivity contribution is -0.114. The largest absolute Gasteiger partial charge is 0.504 e. The van der Waals surface area contributed by atoms with Crippen LogP contribution in [0.5, 0.6) is 23.0 Å². The van der Waals surface area contributed by atoms with Crippen LogP contribution in [0.3, 0.4) is 0 Å². The van der Waals surface area contributed by atoms with E-state index in [2.05, 4.69) is 20.1 Å². The molecule has 0 aromatic heterocycles. The Kier molecular flexibility index (Phi) is 6.67. The monoisotopic (exact) mass is 548 g/mol. The molecule has 0 saturated heterocycles. The molecule has 0 fully saturated rings. The first-order valence-corrected chi connectivity index (χ1v) is 11.8. The number of carbonyl (C=O) groups excluding carboxylic acids is 3. The van der Waals surface area contributed by atoms with Crippen LogP contribution in [0, 0.1) is 0 Å². The normalized spacial score (nSPS) is 14.7. The first-order valence-electron chi connectivity index (χ1n) is 10.4. The molecule has 3 N–H and O–H groups in total. The molecule has 0 heterocycles. The highest BCUT2D eigenvalue weighted by Gasteiger charge is 2.42. The second-order valence-corrected chi connectivity index (χ2v) is 9.12. The van der Waals surface area contributed by atoms with Crippen LogP contribution >= 0.6 is 0 Å². The number of allylic oxidation sites excluding steroid dienone is 5. The highest BCUT2D eigenvalue weighted by Crippen LogP contribution is 2.40. The van der Waals surface area contributed by atoms with Crippen molar-refractivity contribution in [3.05, 3.63) is 114 Å². The summed E-state index contributed by atoms with van der Waals surface area (Å²) in [6.45, 7) is 0. The molecule has 16 heteroatoms. The first-order chi connectivity index (χ1) is 18.5. The van der Waals surface area contributed by atoms with Crippen LogP contribution in [0.25, 0.3) is 20.9 Å². The van der Waals surface area contributed by atoms with Crippen molar-refractivity contribution in [1.29, 1.82) is 0 Å². The number of ketones is 3. The molecule has 0 saturated carbocycles. The quantitative estimate of drug-likeness (QED) is 0.114. The predicted octanol–water partition coefficient (Wildman–Crippen LogP) is 3.48. The van der Waals surface area contributed by atoms with Gasteiger partial charge in [0.15, 0.2) is 28.0 Å². The molecule has 2 aromatic rings. The number of hydrogen-bond donors (Lipinski definition) is 3. The van der Waals surface area contributed by atoms with Gasteiger partial charge in [0.2, 0.25) is 11.5 Å². The molecule has 0 aliphatic heterocycles. The summed E-state index contributed by atoms with van der Waals surface area (Å²) < 4.78 is 31.5. The molecule has 2 aliphatic carbocycles. The SMILES string of the molecule is [N-]=[N+]=NC1=C(N=[N+]=[N-])C2=CC=CC(=O)C2=C(S(=O)(=O)Oc2ccc(C(=O)c3ccc(O)c(O)c3O)cc2)C1=O. The van der Waals surface area contributed by atoms with Gasteiger partial charge in [-0.2, -0.15) is 8.42 Å². The fourth-order valence-corrected chi connectivity index (χ4v) is 4.91. The van der Waals surface area contributed by atoms with Crippen LogP contribution in [0.4, 0.5) is 0 Å². The Morgan fingerprint density at radius 2 is 1.54 bits per heavy atom. The molecule has 2 aliphatic rings. The summed E-state index contributed by atoms with van der Waals surface area (Å²) in [5.74, 6) is -5.99. The van der Waals surface area contributed by atoms with Gasteiger partial charge in [-0.05, 0) is 59.1 Å². The van der Waals surface area contributed by atoms with E-state index in [1.807, 2.05) is 0 Å². The van der Waals surface area contributed by atoms with E-state index in [1.165, 1.54) is 12.2 Å². The smallest absolute Gasteiger partial charge is 0.343 e. The Bertz CT molecular complexity index is 1820. The molecule has 0 spiro atoms. The van der Waals surface area contributed by atoms with Crippen molar-refractivity contribution in [3.8, 4) is 23.0 Å². The van der Waals surface area contributed by atoms with Gasteiger partial charge in [-0.25, -0.2) is 0 Å². The number of aromatic hydroxyl groups is 3. The molecule has 0 bridgehead atoms. The highest BCUT2D eigenvalue weighted by atomic mass is 32.2. The van der Waals surface area contributed by atoms with Crippen molar-refractivity contribution in [1.82, 2.24) is 0 Å². The molecule has 0 atom stereocenters. The molecule has 39 heavy (non-hydrogen) atoms. The summed E-state index contributed by atoms with van der Waals surface area (Å²) >= 11 is 0. The van der Waals surface area contributed by atoms with E-state index in [4.69, 9.17) is 15.2 Å². The number of Topliss-reactive ketones (excluding diaryl/α,β-unsaturated/α-hetero) is 1. The number of nitrogens with zero attached hydrogens (tertiary/aromatic N) is 6. The molecule has 2 aromatic carbocycles. The summed E-state index contributed by atoms with van der Waals surface area (Å²) in [4.78, 5) is 42.2. The van der Waals surface area contributed by atoms with Gasteiger partial charge in [0.1, 0.15) is 5.75 Å². The van der Waals surface area contributed by atoms with Crippen molar-refractivity contribution in [2.24, 2.45) is 10.2 Å². The number of rotatable bonds is 7. The van der Waals surface area contributed by atoms with Gasteiger partial charge in [0.25, 0.3) is 0 Å². The average molecular weight is 548 g/mol. The third-order valence-corrected chi connectivity index (χ3v) is 6.69. The maximum Gasteiger partial charge on any atom is 0.343 e. The van der Waals surface area contributed by atoms with Crippen LogP contribution < -0.4 is 4.18 Å². The zero-order valence-electron chi connectivity index (χ0n) is 19.1. The number of phenols is 3. The number of hydrogen-bond acceptors (Lipinski definition) is 11. The number of phenolic OH excluding ortho intramolecular Hbond substituents is 3. The summed E-state index contributed by atoms with van der Waals surface area (Å²) in [7, 11) is -5.08. The van der Waals surface area contributed by atoms with Gasteiger partial charge in [0, 0.05) is 15.4 Å². The lowest BCUT2D eigenvalue weighted by Gasteiger charge is -2.23. The molecule has 0 unspecified atom stereocenters. The van der Waals surface area contributed by atoms with E-state index in [9.17, 15) is 38.1 Å². The van der Waals surface area contributed by atoms with Gasteiger partial charge in [-0.1, -0.05) is 22.4 Å². The van der Waals surface area contributed by atoms with E-state index in [1.54, 1.807) is 0 Å². The van der Waals surface area contributed by atoms with Crippen LogP contribution in [0.2, 0.25) is 0 Å². The van der Waals surface area contributed by atoms with E-state index in [-0.39, 0.29) is 16.7 Å².